The van der Waals surface area contributed by atoms with Crippen LogP contribution in [0.1, 0.15) is 12.6 Å². The summed E-state index contributed by atoms with van der Waals surface area (Å²) >= 11 is 1.45. The minimum atomic E-state index is -0.187. The van der Waals surface area contributed by atoms with Crippen molar-refractivity contribution >= 4 is 23.6 Å². The highest BCUT2D eigenvalue weighted by atomic mass is 32.2. The Morgan fingerprint density at radius 1 is 1.73 bits per heavy atom. The van der Waals surface area contributed by atoms with Crippen molar-refractivity contribution in [3.63, 3.8) is 0 Å². The minimum Gasteiger partial charge on any atom is -0.302 e. The van der Waals surface area contributed by atoms with Crippen molar-refractivity contribution in [2.24, 2.45) is 7.05 Å². The van der Waals surface area contributed by atoms with E-state index in [1.165, 1.54) is 11.8 Å². The minimum absolute atomic E-state index is 0.187. The molecule has 1 atom stereocenters. The number of allylic oxidation sites excluding steroid dienone is 1. The number of aromatic nitrogens is 2. The summed E-state index contributed by atoms with van der Waals surface area (Å²) in [6.07, 6.45) is 2.64. The monoisotopic (exact) mass is 225 g/mol. The maximum Gasteiger partial charge on any atom is 0.147 e. The number of thioether (sulfide) groups is 1. The van der Waals surface area contributed by atoms with Crippen LogP contribution in [0.25, 0.3) is 5.57 Å². The summed E-state index contributed by atoms with van der Waals surface area (Å²) in [5.74, 6) is 0. The van der Waals surface area contributed by atoms with Crippen molar-refractivity contribution in [2.75, 3.05) is 7.05 Å². The van der Waals surface area contributed by atoms with E-state index in [1.807, 2.05) is 30.1 Å². The van der Waals surface area contributed by atoms with Crippen LogP contribution < -0.4 is 5.32 Å². The highest BCUT2D eigenvalue weighted by Gasteiger charge is 2.04. The van der Waals surface area contributed by atoms with Gasteiger partial charge in [0, 0.05) is 13.2 Å². The van der Waals surface area contributed by atoms with Gasteiger partial charge in [0.1, 0.15) is 11.7 Å². The van der Waals surface area contributed by atoms with Crippen LogP contribution in [0, 0.1) is 0 Å². The molecule has 1 unspecified atom stereocenters. The predicted molar refractivity (Wildman–Crippen MR) is 63.4 cm³/mol. The lowest BCUT2D eigenvalue weighted by molar-refractivity contribution is -0.107. The molecule has 0 aliphatic rings. The van der Waals surface area contributed by atoms with E-state index in [2.05, 4.69) is 10.4 Å². The summed E-state index contributed by atoms with van der Waals surface area (Å²) in [5, 5.41) is 8.76. The van der Waals surface area contributed by atoms with Crippen LogP contribution in [0.15, 0.2) is 17.7 Å². The Labute approximate surface area is 93.7 Å². The lowest BCUT2D eigenvalue weighted by Crippen LogP contribution is -2.21. The van der Waals surface area contributed by atoms with Crippen molar-refractivity contribution in [3.8, 4) is 0 Å². The fourth-order valence-electron chi connectivity index (χ4n) is 1.16. The van der Waals surface area contributed by atoms with Gasteiger partial charge in [0.05, 0.1) is 5.69 Å². The molecule has 1 N–H and O–H groups in total. The molecule has 0 aliphatic heterocycles. The molecule has 0 aliphatic carbocycles. The van der Waals surface area contributed by atoms with Crippen LogP contribution in [0.2, 0.25) is 0 Å². The third-order valence-electron chi connectivity index (χ3n) is 2.02. The van der Waals surface area contributed by atoms with Gasteiger partial charge < -0.3 is 10.1 Å². The average molecular weight is 225 g/mol. The summed E-state index contributed by atoms with van der Waals surface area (Å²) in [7, 11) is 3.66. The molecule has 1 aromatic heterocycles. The molecule has 0 saturated heterocycles. The first-order valence-electron chi connectivity index (χ1n) is 4.62. The molecule has 5 heteroatoms. The molecule has 4 nitrogen and oxygen atoms in total. The van der Waals surface area contributed by atoms with Crippen LogP contribution in [0.3, 0.4) is 0 Å². The maximum atomic E-state index is 10.6. The van der Waals surface area contributed by atoms with Gasteiger partial charge in [0.15, 0.2) is 0 Å². The van der Waals surface area contributed by atoms with E-state index in [1.54, 1.807) is 13.2 Å². The molecule has 0 amide bonds. The quantitative estimate of drug-likeness (QED) is 0.605. The number of carbonyl (C=O) groups is 1. The van der Waals surface area contributed by atoms with E-state index in [9.17, 15) is 4.79 Å². The predicted octanol–water partition coefficient (Wildman–Crippen LogP) is 1.26. The number of hydrogen-bond donors (Lipinski definition) is 1. The smallest absolute Gasteiger partial charge is 0.147 e. The number of carbonyl (C=O) groups excluding carboxylic acids is 1. The summed E-state index contributed by atoms with van der Waals surface area (Å²) in [6.45, 7) is 2.00. The number of hydrogen-bond acceptors (Lipinski definition) is 4. The second-order valence-corrected chi connectivity index (χ2v) is 4.14. The molecule has 1 rings (SSSR count). The molecule has 15 heavy (non-hydrogen) atoms. The number of nitrogens with one attached hydrogen (secondary N) is 1. The van der Waals surface area contributed by atoms with E-state index in [0.29, 0.717) is 0 Å². The van der Waals surface area contributed by atoms with Crippen molar-refractivity contribution in [3.05, 3.63) is 23.4 Å². The summed E-state index contributed by atoms with van der Waals surface area (Å²) in [5.41, 5.74) is 2.16. The summed E-state index contributed by atoms with van der Waals surface area (Å²) < 4.78 is 1.81. The maximum absolute atomic E-state index is 10.6. The third-order valence-corrected chi connectivity index (χ3v) is 3.15. The lowest BCUT2D eigenvalue weighted by Gasteiger charge is -2.06. The largest absolute Gasteiger partial charge is 0.302 e. The molecule has 0 bridgehead atoms. The number of rotatable bonds is 5. The first kappa shape index (κ1) is 12.0. The van der Waals surface area contributed by atoms with Crippen LogP contribution in [0.5, 0.6) is 0 Å². The zero-order chi connectivity index (χ0) is 11.3. The molecule has 0 saturated carbocycles. The Morgan fingerprint density at radius 2 is 2.47 bits per heavy atom. The summed E-state index contributed by atoms with van der Waals surface area (Å²) in [6, 6.07) is 1.95. The van der Waals surface area contributed by atoms with Crippen LogP contribution >= 0.6 is 11.8 Å². The van der Waals surface area contributed by atoms with Crippen LogP contribution in [0.4, 0.5) is 0 Å². The van der Waals surface area contributed by atoms with Gasteiger partial charge >= 0.3 is 0 Å². The van der Waals surface area contributed by atoms with Crippen molar-refractivity contribution in [1.29, 1.82) is 0 Å². The van der Waals surface area contributed by atoms with Gasteiger partial charge in [-0.1, -0.05) is 0 Å². The van der Waals surface area contributed by atoms with E-state index in [-0.39, 0.29) is 5.37 Å². The van der Waals surface area contributed by atoms with E-state index in [0.717, 1.165) is 17.6 Å². The van der Waals surface area contributed by atoms with Crippen molar-refractivity contribution in [1.82, 2.24) is 15.1 Å². The third kappa shape index (κ3) is 3.21. The zero-order valence-electron chi connectivity index (χ0n) is 9.10. The normalized spacial score (nSPS) is 13.9. The van der Waals surface area contributed by atoms with Crippen molar-refractivity contribution < 1.29 is 4.79 Å². The Morgan fingerprint density at radius 3 is 2.93 bits per heavy atom. The van der Waals surface area contributed by atoms with E-state index >= 15 is 0 Å². The topological polar surface area (TPSA) is 46.9 Å². The molecule has 0 spiro atoms. The molecule has 1 heterocycles. The highest BCUT2D eigenvalue weighted by Crippen LogP contribution is 2.18. The second kappa shape index (κ2) is 5.72. The van der Waals surface area contributed by atoms with Gasteiger partial charge in [-0.3, -0.25) is 4.68 Å². The number of nitrogens with zero attached hydrogens (tertiary/aromatic N) is 2. The first-order valence-corrected chi connectivity index (χ1v) is 5.56. The second-order valence-electron chi connectivity index (χ2n) is 3.12. The Bertz CT molecular complexity index is 359. The molecule has 0 fully saturated rings. The highest BCUT2D eigenvalue weighted by molar-refractivity contribution is 8.03. The lowest BCUT2D eigenvalue weighted by atomic mass is 10.2. The number of likely N-dealkylation sites (N-methyl/N-ethyl adjacent to an activating group) is 1. The first-order chi connectivity index (χ1) is 7.19. The standard InChI is InChI=1S/C10H15N3OS/c1-8(7-15-10(6-14)11-2)9-4-5-12-13(9)3/h4-7,10-11H,1-3H3/b8-7+. The van der Waals surface area contributed by atoms with Gasteiger partial charge in [-0.05, 0) is 31.0 Å². The molecular formula is C10H15N3OS. The Hall–Kier alpha value is -1.07. The van der Waals surface area contributed by atoms with E-state index in [4.69, 9.17) is 0 Å². The SMILES string of the molecule is CNC(C=O)S/C=C(\C)c1ccnn1C. The fourth-order valence-corrected chi connectivity index (χ4v) is 1.84. The number of aldehydes is 1. The summed E-state index contributed by atoms with van der Waals surface area (Å²) in [4.78, 5) is 10.6. The Balaban J connectivity index is 2.68. The van der Waals surface area contributed by atoms with Gasteiger partial charge in [-0.2, -0.15) is 5.10 Å². The van der Waals surface area contributed by atoms with Gasteiger partial charge in [0.2, 0.25) is 0 Å². The van der Waals surface area contributed by atoms with Gasteiger partial charge in [-0.15, -0.1) is 11.8 Å². The molecule has 1 aromatic rings. The van der Waals surface area contributed by atoms with Gasteiger partial charge in [-0.25, -0.2) is 0 Å². The molecule has 0 radical (unpaired) electrons. The van der Waals surface area contributed by atoms with Crippen molar-refractivity contribution in [2.45, 2.75) is 12.3 Å². The zero-order valence-corrected chi connectivity index (χ0v) is 9.91. The van der Waals surface area contributed by atoms with Crippen LogP contribution in [-0.2, 0) is 11.8 Å². The van der Waals surface area contributed by atoms with Gasteiger partial charge in [0.25, 0.3) is 0 Å². The molecular weight excluding hydrogens is 210 g/mol. The number of aryl methyl sites for hydroxylation is 1. The average Bonchev–Trinajstić information content (AvgIpc) is 2.66. The fraction of sp³-hybridized carbons (Fsp3) is 0.400. The molecule has 82 valence electrons. The Kier molecular flexibility index (Phi) is 4.58. The van der Waals surface area contributed by atoms with Crippen LogP contribution in [-0.4, -0.2) is 28.5 Å². The molecule has 0 aromatic carbocycles. The van der Waals surface area contributed by atoms with E-state index < -0.39 is 0 Å².